The Morgan fingerprint density at radius 3 is 2.95 bits per heavy atom. The number of nitrogens with two attached hydrogens (primary N) is 1. The van der Waals surface area contributed by atoms with Crippen molar-refractivity contribution in [2.75, 3.05) is 19.7 Å². The van der Waals surface area contributed by atoms with Gasteiger partial charge in [0.05, 0.1) is 10.4 Å². The molecule has 1 aromatic rings. The lowest BCUT2D eigenvalue weighted by Crippen LogP contribution is -2.50. The van der Waals surface area contributed by atoms with Gasteiger partial charge in [-0.2, -0.15) is 4.31 Å². The summed E-state index contributed by atoms with van der Waals surface area (Å²) < 4.78 is 32.7. The number of halogens is 1. The minimum atomic E-state index is -3.59. The molecule has 1 aliphatic rings. The van der Waals surface area contributed by atoms with Gasteiger partial charge in [-0.3, -0.25) is 0 Å². The quantitative estimate of drug-likeness (QED) is 0.350. The molecule has 1 aromatic heterocycles. The first-order valence-corrected chi connectivity index (χ1v) is 8.76. The third-order valence-corrected chi connectivity index (χ3v) is 7.35. The second kappa shape index (κ2) is 5.98. The molecule has 7 nitrogen and oxygen atoms in total. The molecular weight excluding hydrogens is 370 g/mol. The average molecular weight is 384 g/mol. The second-order valence-corrected chi connectivity index (χ2v) is 8.80. The van der Waals surface area contributed by atoms with E-state index in [4.69, 9.17) is 15.7 Å². The molecule has 0 spiro atoms. The number of thiophene rings is 1. The van der Waals surface area contributed by atoms with E-state index in [-0.39, 0.29) is 29.7 Å². The number of morpholine rings is 1. The molecule has 1 saturated heterocycles. The van der Waals surface area contributed by atoms with Crippen LogP contribution in [-0.2, 0) is 14.8 Å². The molecule has 0 radical (unpaired) electrons. The zero-order valence-electron chi connectivity index (χ0n) is 10.6. The Labute approximate surface area is 129 Å². The normalized spacial score (nSPS) is 22.1. The van der Waals surface area contributed by atoms with E-state index < -0.39 is 16.1 Å². The van der Waals surface area contributed by atoms with Gasteiger partial charge >= 0.3 is 0 Å². The van der Waals surface area contributed by atoms with E-state index in [1.54, 1.807) is 6.07 Å². The molecule has 20 heavy (non-hydrogen) atoms. The van der Waals surface area contributed by atoms with Crippen LogP contribution in [0.5, 0.6) is 0 Å². The van der Waals surface area contributed by atoms with Gasteiger partial charge in [0, 0.05) is 13.1 Å². The van der Waals surface area contributed by atoms with Gasteiger partial charge in [-0.15, -0.1) is 11.3 Å². The summed E-state index contributed by atoms with van der Waals surface area (Å²) >= 11 is 4.48. The van der Waals surface area contributed by atoms with Crippen LogP contribution in [0.15, 0.2) is 19.2 Å². The monoisotopic (exact) mass is 383 g/mol. The van der Waals surface area contributed by atoms with Crippen LogP contribution >= 0.6 is 27.3 Å². The molecular formula is C10H14BrN3O4S2. The molecule has 1 unspecified atom stereocenters. The SMILES string of the molecule is Cc1cc(S(=O)(=O)N2CCOC(/C(N)=N/O)C2)sc1Br. The standard InChI is InChI=1S/C10H14BrN3O4S2/c1-6-4-8(19-9(6)11)20(16,17)14-2-3-18-7(5-14)10(12)13-15/h4,7,15H,2-3,5H2,1H3,(H2,12,13). The van der Waals surface area contributed by atoms with Crippen molar-refractivity contribution in [3.05, 3.63) is 15.4 Å². The zero-order chi connectivity index (χ0) is 14.9. The number of hydrogen-bond acceptors (Lipinski definition) is 6. The summed E-state index contributed by atoms with van der Waals surface area (Å²) in [5, 5.41) is 11.5. The lowest BCUT2D eigenvalue weighted by atomic mass is 10.3. The number of nitrogens with zero attached hydrogens (tertiary/aromatic N) is 2. The van der Waals surface area contributed by atoms with Gasteiger partial charge in [0.25, 0.3) is 10.0 Å². The highest BCUT2D eigenvalue weighted by Gasteiger charge is 2.33. The van der Waals surface area contributed by atoms with Crippen LogP contribution in [0.2, 0.25) is 0 Å². The van der Waals surface area contributed by atoms with E-state index in [9.17, 15) is 8.42 Å². The van der Waals surface area contributed by atoms with E-state index in [2.05, 4.69) is 21.1 Å². The summed E-state index contributed by atoms with van der Waals surface area (Å²) in [5.74, 6) is -0.131. The van der Waals surface area contributed by atoms with Crippen molar-refractivity contribution in [1.82, 2.24) is 4.31 Å². The molecule has 0 saturated carbocycles. The lowest BCUT2D eigenvalue weighted by molar-refractivity contribution is 0.0355. The fourth-order valence-corrected chi connectivity index (χ4v) is 5.58. The largest absolute Gasteiger partial charge is 0.409 e. The van der Waals surface area contributed by atoms with E-state index in [0.29, 0.717) is 0 Å². The van der Waals surface area contributed by atoms with Crippen LogP contribution < -0.4 is 5.73 Å². The minimum Gasteiger partial charge on any atom is -0.409 e. The average Bonchev–Trinajstić information content (AvgIpc) is 2.78. The van der Waals surface area contributed by atoms with Crippen LogP contribution in [-0.4, -0.2) is 49.6 Å². The number of aryl methyl sites for hydroxylation is 1. The zero-order valence-corrected chi connectivity index (χ0v) is 13.8. The fourth-order valence-electron chi connectivity index (χ4n) is 1.77. The van der Waals surface area contributed by atoms with E-state index in [1.807, 2.05) is 6.92 Å². The predicted molar refractivity (Wildman–Crippen MR) is 78.7 cm³/mol. The molecule has 0 aliphatic carbocycles. The van der Waals surface area contributed by atoms with Gasteiger partial charge in [0.15, 0.2) is 5.84 Å². The van der Waals surface area contributed by atoms with Gasteiger partial charge in [0.2, 0.25) is 0 Å². The first kappa shape index (κ1) is 15.7. The predicted octanol–water partition coefficient (Wildman–Crippen LogP) is 0.955. The van der Waals surface area contributed by atoms with Crippen molar-refractivity contribution in [2.24, 2.45) is 10.9 Å². The molecule has 1 fully saturated rings. The summed E-state index contributed by atoms with van der Waals surface area (Å²) in [4.78, 5) is 0. The maximum atomic E-state index is 12.5. The van der Waals surface area contributed by atoms with Gasteiger partial charge in [-0.25, -0.2) is 8.42 Å². The molecule has 0 aromatic carbocycles. The summed E-state index contributed by atoms with van der Waals surface area (Å²) in [6.07, 6.45) is -0.729. The van der Waals surface area contributed by atoms with Crippen LogP contribution in [0.3, 0.4) is 0 Å². The van der Waals surface area contributed by atoms with Gasteiger partial charge in [0.1, 0.15) is 10.3 Å². The Balaban J connectivity index is 2.25. The molecule has 2 heterocycles. The number of amidine groups is 1. The summed E-state index contributed by atoms with van der Waals surface area (Å²) in [5.41, 5.74) is 6.34. The van der Waals surface area contributed by atoms with Gasteiger partial charge < -0.3 is 15.7 Å². The van der Waals surface area contributed by atoms with E-state index in [0.717, 1.165) is 9.35 Å². The van der Waals surface area contributed by atoms with Crippen LogP contribution in [0, 0.1) is 6.92 Å². The number of oxime groups is 1. The Morgan fingerprint density at radius 1 is 1.70 bits per heavy atom. The lowest BCUT2D eigenvalue weighted by Gasteiger charge is -2.30. The summed E-state index contributed by atoms with van der Waals surface area (Å²) in [7, 11) is -3.59. The van der Waals surface area contributed by atoms with Crippen LogP contribution in [0.1, 0.15) is 5.56 Å². The van der Waals surface area contributed by atoms with Crippen LogP contribution in [0.25, 0.3) is 0 Å². The van der Waals surface area contributed by atoms with Crippen molar-refractivity contribution in [2.45, 2.75) is 17.2 Å². The molecule has 3 N–H and O–H groups in total. The Hall–Kier alpha value is -0.680. The van der Waals surface area contributed by atoms with E-state index >= 15 is 0 Å². The first-order chi connectivity index (χ1) is 9.36. The molecule has 2 rings (SSSR count). The second-order valence-electron chi connectivity index (χ2n) is 4.27. The number of ether oxygens (including phenoxy) is 1. The van der Waals surface area contributed by atoms with Crippen molar-refractivity contribution in [1.29, 1.82) is 0 Å². The highest BCUT2D eigenvalue weighted by Crippen LogP contribution is 2.32. The van der Waals surface area contributed by atoms with Crippen LogP contribution in [0.4, 0.5) is 0 Å². The summed E-state index contributed by atoms with van der Waals surface area (Å²) in [6.45, 7) is 2.31. The Bertz CT molecular complexity index is 609. The first-order valence-electron chi connectivity index (χ1n) is 5.71. The minimum absolute atomic E-state index is 0.0345. The molecule has 0 amide bonds. The molecule has 1 atom stereocenters. The van der Waals surface area contributed by atoms with Gasteiger partial charge in [-0.1, -0.05) is 5.16 Å². The van der Waals surface area contributed by atoms with Crippen molar-refractivity contribution < 1.29 is 18.4 Å². The topological polar surface area (TPSA) is 105 Å². The maximum Gasteiger partial charge on any atom is 0.252 e. The van der Waals surface area contributed by atoms with Crippen molar-refractivity contribution in [3.8, 4) is 0 Å². The van der Waals surface area contributed by atoms with Crippen molar-refractivity contribution >= 4 is 43.1 Å². The van der Waals surface area contributed by atoms with Crippen molar-refractivity contribution in [3.63, 3.8) is 0 Å². The maximum absolute atomic E-state index is 12.5. The third-order valence-electron chi connectivity index (χ3n) is 2.90. The number of sulfonamides is 1. The Morgan fingerprint density at radius 2 is 2.40 bits per heavy atom. The Kier molecular flexibility index (Phi) is 4.69. The highest BCUT2D eigenvalue weighted by molar-refractivity contribution is 9.11. The highest BCUT2D eigenvalue weighted by atomic mass is 79.9. The van der Waals surface area contributed by atoms with Gasteiger partial charge in [-0.05, 0) is 34.5 Å². The molecule has 1 aliphatic heterocycles. The number of rotatable bonds is 3. The smallest absolute Gasteiger partial charge is 0.252 e. The van der Waals surface area contributed by atoms with E-state index in [1.165, 1.54) is 15.6 Å². The third kappa shape index (κ3) is 2.98. The fraction of sp³-hybridized carbons (Fsp3) is 0.500. The molecule has 0 bridgehead atoms. The summed E-state index contributed by atoms with van der Waals surface area (Å²) in [6, 6.07) is 1.62. The molecule has 112 valence electrons. The molecule has 10 heteroatoms. The number of hydrogen-bond donors (Lipinski definition) is 2.